The van der Waals surface area contributed by atoms with Crippen molar-refractivity contribution in [1.29, 1.82) is 0 Å². The van der Waals surface area contributed by atoms with Crippen LogP contribution in [0.15, 0.2) is 24.5 Å². The van der Waals surface area contributed by atoms with Crippen molar-refractivity contribution in [2.75, 3.05) is 14.2 Å². The van der Waals surface area contributed by atoms with Crippen LogP contribution < -0.4 is 14.8 Å². The van der Waals surface area contributed by atoms with Crippen LogP contribution in [0.3, 0.4) is 0 Å². The topological polar surface area (TPSA) is 74.1 Å². The molecule has 4 aliphatic rings. The highest BCUT2D eigenvalue weighted by Gasteiger charge is 2.59. The molecule has 4 saturated carbocycles. The Morgan fingerprint density at radius 1 is 1.07 bits per heavy atom. The minimum Gasteiger partial charge on any atom is -0.497 e. The Labute approximate surface area is 159 Å². The minimum absolute atomic E-state index is 0.0413. The van der Waals surface area contributed by atoms with Gasteiger partial charge in [-0.25, -0.2) is 0 Å². The van der Waals surface area contributed by atoms with Gasteiger partial charge in [0.1, 0.15) is 11.5 Å². The summed E-state index contributed by atoms with van der Waals surface area (Å²) in [7, 11) is 3.39. The zero-order valence-corrected chi connectivity index (χ0v) is 16.0. The summed E-state index contributed by atoms with van der Waals surface area (Å²) >= 11 is 0. The third kappa shape index (κ3) is 2.88. The van der Waals surface area contributed by atoms with Crippen molar-refractivity contribution < 1.29 is 9.47 Å². The van der Waals surface area contributed by atoms with Gasteiger partial charge in [-0.2, -0.15) is 4.80 Å². The van der Waals surface area contributed by atoms with Gasteiger partial charge in [0.2, 0.25) is 0 Å². The molecule has 0 saturated heterocycles. The summed E-state index contributed by atoms with van der Waals surface area (Å²) in [6.07, 6.45) is 8.90. The molecule has 4 fully saturated rings. The summed E-state index contributed by atoms with van der Waals surface area (Å²) in [5, 5.41) is 16.7. The maximum Gasteiger partial charge on any atom is 0.162 e. The third-order valence-electron chi connectivity index (χ3n) is 6.88. The minimum atomic E-state index is 0.0413. The lowest BCUT2D eigenvalue weighted by Gasteiger charge is -2.61. The summed E-state index contributed by atoms with van der Waals surface area (Å²) in [4.78, 5) is 1.91. The van der Waals surface area contributed by atoms with Crippen molar-refractivity contribution in [2.45, 2.75) is 56.1 Å². The average molecular weight is 369 g/mol. The normalized spacial score (nSPS) is 34.0. The molecule has 0 amide bonds. The summed E-state index contributed by atoms with van der Waals surface area (Å²) < 4.78 is 10.8. The first-order valence-corrected chi connectivity index (χ1v) is 9.82. The van der Waals surface area contributed by atoms with E-state index in [4.69, 9.17) is 9.47 Å². The van der Waals surface area contributed by atoms with Gasteiger partial charge in [0.25, 0.3) is 0 Å². The number of rotatable bonds is 6. The van der Waals surface area contributed by atoms with Crippen LogP contribution in [-0.2, 0) is 12.1 Å². The Bertz CT molecular complexity index is 786. The van der Waals surface area contributed by atoms with Gasteiger partial charge in [-0.1, -0.05) is 0 Å². The van der Waals surface area contributed by atoms with Gasteiger partial charge in [-0.05, 0) is 73.3 Å². The molecule has 4 bridgehead atoms. The molecule has 0 aliphatic heterocycles. The average Bonchev–Trinajstić information content (AvgIpc) is 3.21. The lowest BCUT2D eigenvalue weighted by atomic mass is 9.50. The molecule has 1 heterocycles. The molecule has 0 radical (unpaired) electrons. The van der Waals surface area contributed by atoms with Crippen LogP contribution in [0.1, 0.15) is 44.1 Å². The van der Waals surface area contributed by atoms with Gasteiger partial charge in [0.05, 0.1) is 19.8 Å². The summed E-state index contributed by atoms with van der Waals surface area (Å²) in [6.45, 7) is 0.813. The predicted octanol–water partition coefficient (Wildman–Crippen LogP) is 2.53. The van der Waals surface area contributed by atoms with Crippen LogP contribution in [0, 0.1) is 11.8 Å². The fourth-order valence-corrected chi connectivity index (χ4v) is 6.30. The number of nitrogens with one attached hydrogen (secondary N) is 1. The number of hydrogen-bond acceptors (Lipinski definition) is 6. The van der Waals surface area contributed by atoms with E-state index in [1.54, 1.807) is 20.5 Å². The number of nitrogens with zero attached hydrogens (tertiary/aromatic N) is 4. The van der Waals surface area contributed by atoms with E-state index >= 15 is 0 Å². The van der Waals surface area contributed by atoms with E-state index in [1.807, 2.05) is 10.9 Å². The largest absolute Gasteiger partial charge is 0.497 e. The lowest BCUT2D eigenvalue weighted by molar-refractivity contribution is -0.0854. The fourth-order valence-electron chi connectivity index (χ4n) is 6.30. The zero-order chi connectivity index (χ0) is 18.5. The van der Waals surface area contributed by atoms with Crippen LogP contribution in [0.5, 0.6) is 11.5 Å². The molecule has 6 rings (SSSR count). The quantitative estimate of drug-likeness (QED) is 0.843. The van der Waals surface area contributed by atoms with Crippen molar-refractivity contribution in [1.82, 2.24) is 25.5 Å². The van der Waals surface area contributed by atoms with E-state index < -0.39 is 0 Å². The first-order chi connectivity index (χ1) is 13.1. The molecule has 2 unspecified atom stereocenters. The van der Waals surface area contributed by atoms with E-state index in [-0.39, 0.29) is 11.1 Å². The molecule has 0 spiro atoms. The van der Waals surface area contributed by atoms with Crippen LogP contribution in [0.4, 0.5) is 0 Å². The standard InChI is InChI=1S/C20H27N5O2/c1-26-17-4-14(5-18(6-17)27-2)11-21-19-7-15-3-16(8-19)10-20(9-15,12-19)25-23-13-22-24-25/h4-6,13,15-16,21H,3,7-12H2,1-2H3. The van der Waals surface area contributed by atoms with E-state index in [0.29, 0.717) is 0 Å². The number of methoxy groups -OCH3 is 2. The molecule has 7 heteroatoms. The number of ether oxygens (including phenoxy) is 2. The van der Waals surface area contributed by atoms with Gasteiger partial charge >= 0.3 is 0 Å². The predicted molar refractivity (Wildman–Crippen MR) is 99.6 cm³/mol. The maximum absolute atomic E-state index is 5.42. The number of benzene rings is 1. The van der Waals surface area contributed by atoms with Gasteiger partial charge in [0, 0.05) is 18.2 Å². The Morgan fingerprint density at radius 2 is 1.78 bits per heavy atom. The number of aromatic nitrogens is 4. The summed E-state index contributed by atoms with van der Waals surface area (Å²) in [5.41, 5.74) is 1.39. The Hall–Kier alpha value is -2.15. The molecule has 7 nitrogen and oxygen atoms in total. The first-order valence-electron chi connectivity index (χ1n) is 9.82. The lowest BCUT2D eigenvalue weighted by Crippen LogP contribution is -2.65. The van der Waals surface area contributed by atoms with Crippen LogP contribution in [-0.4, -0.2) is 40.0 Å². The van der Waals surface area contributed by atoms with Gasteiger partial charge in [0.15, 0.2) is 6.33 Å². The van der Waals surface area contributed by atoms with Crippen LogP contribution in [0.25, 0.3) is 0 Å². The van der Waals surface area contributed by atoms with Crippen molar-refractivity contribution in [3.05, 3.63) is 30.1 Å². The summed E-state index contributed by atoms with van der Waals surface area (Å²) in [5.74, 6) is 3.18. The second-order valence-electron chi connectivity index (χ2n) is 8.77. The monoisotopic (exact) mass is 369 g/mol. The molecule has 2 atom stereocenters. The van der Waals surface area contributed by atoms with Gasteiger partial charge in [-0.3, -0.25) is 0 Å². The SMILES string of the molecule is COc1cc(CNC23CC4CC(C2)CC(n2ncnn2)(C4)C3)cc(OC)c1. The molecular formula is C20H27N5O2. The number of hydrogen-bond donors (Lipinski definition) is 1. The van der Waals surface area contributed by atoms with E-state index in [2.05, 4.69) is 32.9 Å². The van der Waals surface area contributed by atoms with Crippen molar-refractivity contribution >= 4 is 0 Å². The molecule has 4 aliphatic carbocycles. The zero-order valence-electron chi connectivity index (χ0n) is 16.0. The smallest absolute Gasteiger partial charge is 0.162 e. The highest BCUT2D eigenvalue weighted by molar-refractivity contribution is 5.38. The second kappa shape index (κ2) is 6.19. The van der Waals surface area contributed by atoms with Gasteiger partial charge in [-0.15, -0.1) is 10.2 Å². The Morgan fingerprint density at radius 3 is 2.37 bits per heavy atom. The molecule has 2 aromatic rings. The molecular weight excluding hydrogens is 342 g/mol. The molecule has 144 valence electrons. The molecule has 1 N–H and O–H groups in total. The fraction of sp³-hybridized carbons (Fsp3) is 0.650. The van der Waals surface area contributed by atoms with Crippen LogP contribution in [0.2, 0.25) is 0 Å². The Kier molecular flexibility index (Phi) is 3.89. The highest BCUT2D eigenvalue weighted by atomic mass is 16.5. The Balaban J connectivity index is 1.39. The van der Waals surface area contributed by atoms with E-state index in [9.17, 15) is 0 Å². The van der Waals surface area contributed by atoms with Crippen molar-refractivity contribution in [2.24, 2.45) is 11.8 Å². The van der Waals surface area contributed by atoms with Crippen molar-refractivity contribution in [3.63, 3.8) is 0 Å². The molecule has 27 heavy (non-hydrogen) atoms. The third-order valence-corrected chi connectivity index (χ3v) is 6.88. The molecule has 1 aromatic carbocycles. The molecule has 1 aromatic heterocycles. The first kappa shape index (κ1) is 17.0. The summed E-state index contributed by atoms with van der Waals surface area (Å²) in [6, 6.07) is 6.09. The van der Waals surface area contributed by atoms with E-state index in [0.717, 1.165) is 36.3 Å². The van der Waals surface area contributed by atoms with Crippen molar-refractivity contribution in [3.8, 4) is 11.5 Å². The second-order valence-corrected chi connectivity index (χ2v) is 8.77. The van der Waals surface area contributed by atoms with Gasteiger partial charge < -0.3 is 14.8 Å². The maximum atomic E-state index is 5.42. The number of tetrazole rings is 1. The van der Waals surface area contributed by atoms with Crippen LogP contribution >= 0.6 is 0 Å². The van der Waals surface area contributed by atoms with E-state index in [1.165, 1.54) is 37.7 Å². The highest BCUT2D eigenvalue weighted by Crippen LogP contribution is 2.60.